The number of carbonyl (C=O) groups excluding carboxylic acids is 3. The lowest BCUT2D eigenvalue weighted by Gasteiger charge is -2.18. The summed E-state index contributed by atoms with van der Waals surface area (Å²) in [5.74, 6) is -0.918. The summed E-state index contributed by atoms with van der Waals surface area (Å²) in [7, 11) is 0. The highest BCUT2D eigenvalue weighted by Crippen LogP contribution is 2.15. The first-order valence-electron chi connectivity index (χ1n) is 25.1. The first-order chi connectivity index (χ1) is 29.0. The number of carbonyl (C=O) groups is 3. The van der Waals surface area contributed by atoms with Crippen LogP contribution in [0.15, 0.2) is 48.6 Å². The molecular formula is C53H94O6. The zero-order valence-corrected chi connectivity index (χ0v) is 39.0. The van der Waals surface area contributed by atoms with Crippen LogP contribution in [-0.4, -0.2) is 37.2 Å². The van der Waals surface area contributed by atoms with E-state index < -0.39 is 6.10 Å². The molecule has 0 fully saturated rings. The summed E-state index contributed by atoms with van der Waals surface area (Å²) in [5.41, 5.74) is 0. The molecule has 1 unspecified atom stereocenters. The van der Waals surface area contributed by atoms with Crippen molar-refractivity contribution in [3.05, 3.63) is 48.6 Å². The Morgan fingerprint density at radius 2 is 0.661 bits per heavy atom. The van der Waals surface area contributed by atoms with E-state index in [1.165, 1.54) is 128 Å². The van der Waals surface area contributed by atoms with Crippen LogP contribution in [0.5, 0.6) is 0 Å². The maximum absolute atomic E-state index is 12.8. The fourth-order valence-electron chi connectivity index (χ4n) is 7.08. The summed E-state index contributed by atoms with van der Waals surface area (Å²) in [6.07, 6.45) is 56.6. The number of rotatable bonds is 45. The van der Waals surface area contributed by atoms with E-state index in [1.807, 2.05) is 0 Å². The number of esters is 3. The molecule has 0 bridgehead atoms. The number of hydrogen-bond donors (Lipinski definition) is 0. The molecule has 0 aliphatic rings. The molecule has 0 aromatic rings. The van der Waals surface area contributed by atoms with Crippen LogP contribution in [0.25, 0.3) is 0 Å². The van der Waals surface area contributed by atoms with Crippen LogP contribution in [-0.2, 0) is 28.6 Å². The summed E-state index contributed by atoms with van der Waals surface area (Å²) < 4.78 is 16.7. The molecule has 0 N–H and O–H groups in total. The normalized spacial score (nSPS) is 12.4. The van der Waals surface area contributed by atoms with Crippen LogP contribution in [0.1, 0.15) is 252 Å². The van der Waals surface area contributed by atoms with Gasteiger partial charge in [-0.3, -0.25) is 14.4 Å². The Labute approximate surface area is 365 Å². The fraction of sp³-hybridized carbons (Fsp3) is 0.792. The molecule has 0 aromatic heterocycles. The third-order valence-corrected chi connectivity index (χ3v) is 10.8. The SMILES string of the molecule is CC/C=C\C/C=C\C/C=C\C/C=C\CCCCC(=O)OCC(COC(=O)CCCCCCCCCCCCCCC)OC(=O)CCCCCCCCCCCCCCC. The summed E-state index contributed by atoms with van der Waals surface area (Å²) >= 11 is 0. The number of hydrogen-bond acceptors (Lipinski definition) is 6. The smallest absolute Gasteiger partial charge is 0.306 e. The maximum atomic E-state index is 12.8. The van der Waals surface area contributed by atoms with Crippen molar-refractivity contribution in [2.24, 2.45) is 0 Å². The second-order valence-electron chi connectivity index (χ2n) is 16.7. The zero-order chi connectivity index (χ0) is 43.0. The van der Waals surface area contributed by atoms with E-state index in [1.54, 1.807) is 0 Å². The second-order valence-corrected chi connectivity index (χ2v) is 16.7. The van der Waals surface area contributed by atoms with Crippen molar-refractivity contribution < 1.29 is 28.6 Å². The van der Waals surface area contributed by atoms with Crippen molar-refractivity contribution in [2.45, 2.75) is 258 Å². The Kier molecular flexibility index (Phi) is 45.9. The second kappa shape index (κ2) is 48.0. The molecule has 0 aliphatic carbocycles. The Balaban J connectivity index is 4.42. The van der Waals surface area contributed by atoms with Crippen LogP contribution >= 0.6 is 0 Å². The van der Waals surface area contributed by atoms with Gasteiger partial charge in [0.25, 0.3) is 0 Å². The van der Waals surface area contributed by atoms with E-state index in [-0.39, 0.29) is 31.1 Å². The van der Waals surface area contributed by atoms with E-state index >= 15 is 0 Å². The van der Waals surface area contributed by atoms with Gasteiger partial charge in [0, 0.05) is 19.3 Å². The summed E-state index contributed by atoms with van der Waals surface area (Å²) in [6, 6.07) is 0. The minimum atomic E-state index is -0.784. The van der Waals surface area contributed by atoms with E-state index in [4.69, 9.17) is 14.2 Å². The molecular weight excluding hydrogens is 733 g/mol. The predicted molar refractivity (Wildman–Crippen MR) is 252 cm³/mol. The van der Waals surface area contributed by atoms with Gasteiger partial charge < -0.3 is 14.2 Å². The van der Waals surface area contributed by atoms with Gasteiger partial charge >= 0.3 is 17.9 Å². The molecule has 59 heavy (non-hydrogen) atoms. The van der Waals surface area contributed by atoms with Gasteiger partial charge in [0.2, 0.25) is 0 Å². The zero-order valence-electron chi connectivity index (χ0n) is 39.0. The van der Waals surface area contributed by atoms with Crippen molar-refractivity contribution in [1.29, 1.82) is 0 Å². The standard InChI is InChI=1S/C53H94O6/c1-4-7-10-13-16-19-22-25-26-29-31-34-37-40-43-46-52(55)58-49-50(59-53(56)47-44-41-38-35-32-28-24-21-18-15-12-9-6-3)48-57-51(54)45-42-39-36-33-30-27-23-20-17-14-11-8-5-2/h7,10,16,19,25-26,31,34,50H,4-6,8-9,11-15,17-18,20-24,27-30,32-33,35-49H2,1-3H3/b10-7-,19-16-,26-25-,34-31-. The van der Waals surface area contributed by atoms with Gasteiger partial charge in [-0.1, -0.05) is 223 Å². The predicted octanol–water partition coefficient (Wildman–Crippen LogP) is 16.3. The third-order valence-electron chi connectivity index (χ3n) is 10.8. The molecule has 6 nitrogen and oxygen atoms in total. The van der Waals surface area contributed by atoms with Crippen LogP contribution in [0, 0.1) is 0 Å². The van der Waals surface area contributed by atoms with Gasteiger partial charge in [-0.05, 0) is 57.8 Å². The molecule has 0 heterocycles. The first kappa shape index (κ1) is 56.4. The van der Waals surface area contributed by atoms with Crippen molar-refractivity contribution in [2.75, 3.05) is 13.2 Å². The number of allylic oxidation sites excluding steroid dienone is 8. The molecule has 0 radical (unpaired) electrons. The van der Waals surface area contributed by atoms with Crippen molar-refractivity contribution in [3.63, 3.8) is 0 Å². The molecule has 0 spiro atoms. The Morgan fingerprint density at radius 1 is 0.356 bits per heavy atom. The van der Waals surface area contributed by atoms with Crippen molar-refractivity contribution in [3.8, 4) is 0 Å². The van der Waals surface area contributed by atoms with Crippen molar-refractivity contribution in [1.82, 2.24) is 0 Å². The topological polar surface area (TPSA) is 78.9 Å². The van der Waals surface area contributed by atoms with Gasteiger partial charge in [-0.25, -0.2) is 0 Å². The monoisotopic (exact) mass is 827 g/mol. The van der Waals surface area contributed by atoms with Crippen LogP contribution in [0.2, 0.25) is 0 Å². The Bertz CT molecular complexity index is 1040. The molecule has 342 valence electrons. The van der Waals surface area contributed by atoms with Crippen LogP contribution < -0.4 is 0 Å². The highest BCUT2D eigenvalue weighted by molar-refractivity contribution is 5.71. The molecule has 0 rings (SSSR count). The lowest BCUT2D eigenvalue weighted by molar-refractivity contribution is -0.167. The minimum absolute atomic E-state index is 0.0826. The third kappa shape index (κ3) is 46.3. The number of ether oxygens (including phenoxy) is 3. The molecule has 0 aliphatic heterocycles. The summed E-state index contributed by atoms with van der Waals surface area (Å²) in [6.45, 7) is 6.50. The van der Waals surface area contributed by atoms with Gasteiger partial charge in [0.05, 0.1) is 0 Å². The average Bonchev–Trinajstić information content (AvgIpc) is 3.23. The highest BCUT2D eigenvalue weighted by atomic mass is 16.6. The van der Waals surface area contributed by atoms with Gasteiger partial charge in [-0.15, -0.1) is 0 Å². The Hall–Kier alpha value is -2.63. The minimum Gasteiger partial charge on any atom is -0.462 e. The molecule has 0 saturated carbocycles. The molecule has 1 atom stereocenters. The molecule has 0 saturated heterocycles. The largest absolute Gasteiger partial charge is 0.462 e. The maximum Gasteiger partial charge on any atom is 0.306 e. The van der Waals surface area contributed by atoms with E-state index in [9.17, 15) is 14.4 Å². The molecule has 0 amide bonds. The summed E-state index contributed by atoms with van der Waals surface area (Å²) in [4.78, 5) is 37.9. The lowest BCUT2D eigenvalue weighted by Crippen LogP contribution is -2.30. The summed E-state index contributed by atoms with van der Waals surface area (Å²) in [5, 5.41) is 0. The average molecular weight is 827 g/mol. The molecule has 6 heteroatoms. The highest BCUT2D eigenvalue weighted by Gasteiger charge is 2.19. The number of unbranched alkanes of at least 4 members (excludes halogenated alkanes) is 26. The first-order valence-corrected chi connectivity index (χ1v) is 25.1. The van der Waals surface area contributed by atoms with Gasteiger partial charge in [0.15, 0.2) is 6.10 Å². The fourth-order valence-corrected chi connectivity index (χ4v) is 7.08. The van der Waals surface area contributed by atoms with E-state index in [0.29, 0.717) is 19.3 Å². The van der Waals surface area contributed by atoms with Gasteiger partial charge in [0.1, 0.15) is 13.2 Å². The quantitative estimate of drug-likeness (QED) is 0.0263. The van der Waals surface area contributed by atoms with E-state index in [2.05, 4.69) is 69.4 Å². The molecule has 0 aromatic carbocycles. The van der Waals surface area contributed by atoms with Crippen LogP contribution in [0.3, 0.4) is 0 Å². The van der Waals surface area contributed by atoms with E-state index in [0.717, 1.165) is 83.5 Å². The Morgan fingerprint density at radius 3 is 1.03 bits per heavy atom. The van der Waals surface area contributed by atoms with Crippen LogP contribution in [0.4, 0.5) is 0 Å². The van der Waals surface area contributed by atoms with Gasteiger partial charge in [-0.2, -0.15) is 0 Å². The van der Waals surface area contributed by atoms with Crippen molar-refractivity contribution >= 4 is 17.9 Å². The lowest BCUT2D eigenvalue weighted by atomic mass is 10.0.